The van der Waals surface area contributed by atoms with Gasteiger partial charge in [0.05, 0.1) is 18.6 Å². The van der Waals surface area contributed by atoms with Gasteiger partial charge in [0.25, 0.3) is 0 Å². The molecule has 124 valence electrons. The zero-order valence-corrected chi connectivity index (χ0v) is 13.0. The van der Waals surface area contributed by atoms with Crippen molar-refractivity contribution in [3.63, 3.8) is 0 Å². The largest absolute Gasteiger partial charge is 0.448 e. The average molecular weight is 320 g/mol. The van der Waals surface area contributed by atoms with E-state index in [0.717, 1.165) is 26.3 Å². The van der Waals surface area contributed by atoms with Crippen molar-refractivity contribution in [1.29, 1.82) is 0 Å². The number of aromatic nitrogens is 1. The molecule has 8 nitrogen and oxygen atoms in total. The predicted octanol–water partition coefficient (Wildman–Crippen LogP) is 1.31. The third-order valence-electron chi connectivity index (χ3n) is 3.88. The van der Waals surface area contributed by atoms with Gasteiger partial charge in [0, 0.05) is 32.4 Å². The molecule has 1 amide bonds. The highest BCUT2D eigenvalue weighted by Gasteiger charge is 2.16. The van der Waals surface area contributed by atoms with Gasteiger partial charge in [0.15, 0.2) is 11.4 Å². The van der Waals surface area contributed by atoms with Crippen LogP contribution in [0.25, 0.3) is 11.0 Å². The number of amides is 1. The summed E-state index contributed by atoms with van der Waals surface area (Å²) in [6.07, 6.45) is -0.410. The van der Waals surface area contributed by atoms with Gasteiger partial charge in [0.2, 0.25) is 0 Å². The van der Waals surface area contributed by atoms with E-state index in [-0.39, 0.29) is 0 Å². The Hall–Kier alpha value is -2.32. The van der Waals surface area contributed by atoms with E-state index in [1.54, 1.807) is 25.2 Å². The zero-order chi connectivity index (χ0) is 16.2. The number of anilines is 2. The standard InChI is InChI=1S/C15H20N4O4/c1-18(11-2-3-13-12(10-11)14(16)17-23-13)15(20)22-9-6-19-4-7-21-8-5-19/h2-3,10H,4-9H2,1H3,(H2,16,17). The molecule has 1 aromatic carbocycles. The number of nitrogens with two attached hydrogens (primary N) is 1. The van der Waals surface area contributed by atoms with E-state index in [1.165, 1.54) is 4.90 Å². The van der Waals surface area contributed by atoms with Gasteiger partial charge in [-0.05, 0) is 18.2 Å². The summed E-state index contributed by atoms with van der Waals surface area (Å²) in [6.45, 7) is 4.26. The Bertz CT molecular complexity index is 681. The quantitative estimate of drug-likeness (QED) is 0.907. The van der Waals surface area contributed by atoms with Crippen molar-refractivity contribution in [3.05, 3.63) is 18.2 Å². The van der Waals surface area contributed by atoms with Crippen molar-refractivity contribution in [2.45, 2.75) is 0 Å². The van der Waals surface area contributed by atoms with Crippen molar-refractivity contribution in [3.8, 4) is 0 Å². The molecule has 2 aromatic rings. The molecule has 0 bridgehead atoms. The number of nitrogen functional groups attached to an aromatic ring is 1. The van der Waals surface area contributed by atoms with E-state index < -0.39 is 6.09 Å². The van der Waals surface area contributed by atoms with Gasteiger partial charge < -0.3 is 19.7 Å². The molecule has 1 aromatic heterocycles. The Morgan fingerprint density at radius 3 is 3.00 bits per heavy atom. The molecule has 8 heteroatoms. The Morgan fingerprint density at radius 2 is 2.22 bits per heavy atom. The molecule has 1 saturated heterocycles. The molecule has 23 heavy (non-hydrogen) atoms. The van der Waals surface area contributed by atoms with Crippen LogP contribution in [-0.4, -0.2) is 62.7 Å². The van der Waals surface area contributed by atoms with Crippen molar-refractivity contribution in [1.82, 2.24) is 10.1 Å². The molecule has 0 radical (unpaired) electrons. The topological polar surface area (TPSA) is 94.1 Å². The number of ether oxygens (including phenoxy) is 2. The summed E-state index contributed by atoms with van der Waals surface area (Å²) in [5, 5.41) is 4.37. The molecule has 2 N–H and O–H groups in total. The molecule has 0 aliphatic carbocycles. The lowest BCUT2D eigenvalue weighted by atomic mass is 10.2. The van der Waals surface area contributed by atoms with E-state index in [9.17, 15) is 4.79 Å². The summed E-state index contributed by atoms with van der Waals surface area (Å²) >= 11 is 0. The lowest BCUT2D eigenvalue weighted by molar-refractivity contribution is 0.0286. The molecular formula is C15H20N4O4. The smallest absolute Gasteiger partial charge is 0.414 e. The average Bonchev–Trinajstić information content (AvgIpc) is 2.95. The number of morpholine rings is 1. The summed E-state index contributed by atoms with van der Waals surface area (Å²) in [5.74, 6) is 0.302. The molecule has 0 atom stereocenters. The van der Waals surface area contributed by atoms with Crippen LogP contribution >= 0.6 is 0 Å². The number of hydrogen-bond acceptors (Lipinski definition) is 7. The number of nitrogens with zero attached hydrogens (tertiary/aromatic N) is 3. The Balaban J connectivity index is 1.56. The lowest BCUT2D eigenvalue weighted by Gasteiger charge is -2.26. The molecular weight excluding hydrogens is 300 g/mol. The highest BCUT2D eigenvalue weighted by atomic mass is 16.6. The van der Waals surface area contributed by atoms with Crippen LogP contribution in [0.1, 0.15) is 0 Å². The van der Waals surface area contributed by atoms with Crippen LogP contribution in [0.15, 0.2) is 22.7 Å². The number of carbonyl (C=O) groups excluding carboxylic acids is 1. The Labute approximate surface area is 133 Å². The second kappa shape index (κ2) is 6.84. The van der Waals surface area contributed by atoms with Crippen molar-refractivity contribution in [2.75, 3.05) is 57.1 Å². The third-order valence-corrected chi connectivity index (χ3v) is 3.88. The number of hydrogen-bond donors (Lipinski definition) is 1. The van der Waals surface area contributed by atoms with Gasteiger partial charge in [-0.15, -0.1) is 0 Å². The van der Waals surface area contributed by atoms with Gasteiger partial charge in [-0.25, -0.2) is 4.79 Å². The van der Waals surface area contributed by atoms with Crippen molar-refractivity contribution >= 4 is 28.6 Å². The first-order chi connectivity index (χ1) is 11.1. The van der Waals surface area contributed by atoms with Crippen LogP contribution in [0.5, 0.6) is 0 Å². The van der Waals surface area contributed by atoms with E-state index in [1.807, 2.05) is 0 Å². The normalized spacial score (nSPS) is 15.7. The van der Waals surface area contributed by atoms with E-state index in [2.05, 4.69) is 10.1 Å². The van der Waals surface area contributed by atoms with Crippen LogP contribution in [0.2, 0.25) is 0 Å². The summed E-state index contributed by atoms with van der Waals surface area (Å²) in [6, 6.07) is 5.24. The third kappa shape index (κ3) is 3.54. The zero-order valence-electron chi connectivity index (χ0n) is 13.0. The maximum atomic E-state index is 12.1. The molecule has 0 spiro atoms. The van der Waals surface area contributed by atoms with Crippen LogP contribution < -0.4 is 10.6 Å². The van der Waals surface area contributed by atoms with Crippen LogP contribution in [-0.2, 0) is 9.47 Å². The van der Waals surface area contributed by atoms with Crippen LogP contribution in [0.4, 0.5) is 16.3 Å². The second-order valence-electron chi connectivity index (χ2n) is 5.38. The first-order valence-electron chi connectivity index (χ1n) is 7.50. The maximum absolute atomic E-state index is 12.1. The summed E-state index contributed by atoms with van der Waals surface area (Å²) in [5.41, 5.74) is 6.98. The monoisotopic (exact) mass is 320 g/mol. The van der Waals surface area contributed by atoms with Gasteiger partial charge in [0.1, 0.15) is 6.61 Å². The van der Waals surface area contributed by atoms with E-state index in [4.69, 9.17) is 19.7 Å². The lowest BCUT2D eigenvalue weighted by Crippen LogP contribution is -2.39. The molecule has 0 saturated carbocycles. The van der Waals surface area contributed by atoms with Gasteiger partial charge in [-0.3, -0.25) is 9.80 Å². The highest BCUT2D eigenvalue weighted by molar-refractivity contribution is 5.94. The SMILES string of the molecule is CN(C(=O)OCCN1CCOCC1)c1ccc2onc(N)c2c1. The molecule has 1 fully saturated rings. The van der Waals surface area contributed by atoms with Gasteiger partial charge in [-0.1, -0.05) is 5.16 Å². The number of carbonyl (C=O) groups is 1. The van der Waals surface area contributed by atoms with E-state index >= 15 is 0 Å². The predicted molar refractivity (Wildman–Crippen MR) is 85.4 cm³/mol. The van der Waals surface area contributed by atoms with E-state index in [0.29, 0.717) is 35.6 Å². The van der Waals surface area contributed by atoms with Crippen molar-refractivity contribution < 1.29 is 18.8 Å². The molecule has 2 heterocycles. The second-order valence-corrected chi connectivity index (χ2v) is 5.38. The number of benzene rings is 1. The minimum atomic E-state index is -0.410. The van der Waals surface area contributed by atoms with Crippen molar-refractivity contribution in [2.24, 2.45) is 0 Å². The van der Waals surface area contributed by atoms with Gasteiger partial charge in [-0.2, -0.15) is 0 Å². The van der Waals surface area contributed by atoms with Crippen LogP contribution in [0.3, 0.4) is 0 Å². The molecule has 1 aliphatic rings. The summed E-state index contributed by atoms with van der Waals surface area (Å²) in [4.78, 5) is 15.8. The summed E-state index contributed by atoms with van der Waals surface area (Å²) < 4.78 is 15.7. The molecule has 0 unspecified atom stereocenters. The minimum absolute atomic E-state index is 0.302. The highest BCUT2D eigenvalue weighted by Crippen LogP contribution is 2.25. The first-order valence-corrected chi connectivity index (χ1v) is 7.50. The summed E-state index contributed by atoms with van der Waals surface area (Å²) in [7, 11) is 1.65. The minimum Gasteiger partial charge on any atom is -0.448 e. The fourth-order valence-corrected chi connectivity index (χ4v) is 2.44. The Morgan fingerprint density at radius 1 is 1.43 bits per heavy atom. The molecule has 3 rings (SSSR count). The Kier molecular flexibility index (Phi) is 4.63. The number of fused-ring (bicyclic) bond motifs is 1. The molecule has 1 aliphatic heterocycles. The van der Waals surface area contributed by atoms with Crippen LogP contribution in [0, 0.1) is 0 Å². The van der Waals surface area contributed by atoms with Gasteiger partial charge >= 0.3 is 6.09 Å². The number of rotatable bonds is 4. The fraction of sp³-hybridized carbons (Fsp3) is 0.467. The first kappa shape index (κ1) is 15.6. The maximum Gasteiger partial charge on any atom is 0.414 e. The fourth-order valence-electron chi connectivity index (χ4n) is 2.44.